The van der Waals surface area contributed by atoms with Crippen LogP contribution in [0.15, 0.2) is 29.2 Å². The van der Waals surface area contributed by atoms with Crippen molar-refractivity contribution < 1.29 is 18.1 Å². The van der Waals surface area contributed by atoms with Gasteiger partial charge in [-0.3, -0.25) is 14.9 Å². The van der Waals surface area contributed by atoms with Gasteiger partial charge in [-0.05, 0) is 12.1 Å². The maximum absolute atomic E-state index is 12.6. The fourth-order valence-electron chi connectivity index (χ4n) is 2.45. The van der Waals surface area contributed by atoms with Crippen molar-refractivity contribution in [2.24, 2.45) is 11.7 Å². The molecular formula is C14H20N4O5S. The molecule has 1 heterocycles. The number of hydrogen-bond donors (Lipinski definition) is 1. The molecule has 0 aliphatic carbocycles. The number of nitro benzene ring substituents is 1. The highest BCUT2D eigenvalue weighted by Crippen LogP contribution is 2.21. The van der Waals surface area contributed by atoms with Crippen LogP contribution in [0, 0.1) is 16.0 Å². The maximum Gasteiger partial charge on any atom is 0.269 e. The van der Waals surface area contributed by atoms with Crippen LogP contribution in [0.5, 0.6) is 0 Å². The summed E-state index contributed by atoms with van der Waals surface area (Å²) in [6.07, 6.45) is 0. The fraction of sp³-hybridized carbons (Fsp3) is 0.500. The minimum atomic E-state index is -3.73. The van der Waals surface area contributed by atoms with E-state index in [9.17, 15) is 23.3 Å². The van der Waals surface area contributed by atoms with E-state index in [0.29, 0.717) is 13.1 Å². The molecule has 1 saturated heterocycles. The minimum absolute atomic E-state index is 0.00297. The topological polar surface area (TPSA) is 127 Å². The van der Waals surface area contributed by atoms with Crippen LogP contribution in [-0.4, -0.2) is 61.2 Å². The first kappa shape index (κ1) is 18.3. The molecule has 0 radical (unpaired) electrons. The van der Waals surface area contributed by atoms with Crippen LogP contribution < -0.4 is 5.73 Å². The quantitative estimate of drug-likeness (QED) is 0.585. The van der Waals surface area contributed by atoms with Crippen LogP contribution in [0.2, 0.25) is 0 Å². The van der Waals surface area contributed by atoms with Crippen molar-refractivity contribution in [3.63, 3.8) is 0 Å². The zero-order valence-corrected chi connectivity index (χ0v) is 14.1. The molecule has 132 valence electrons. The van der Waals surface area contributed by atoms with E-state index in [4.69, 9.17) is 5.73 Å². The Labute approximate surface area is 140 Å². The van der Waals surface area contributed by atoms with Gasteiger partial charge in [-0.15, -0.1) is 0 Å². The molecule has 1 aromatic carbocycles. The van der Waals surface area contributed by atoms with Crippen LogP contribution in [0.25, 0.3) is 0 Å². The molecule has 0 aromatic heterocycles. The van der Waals surface area contributed by atoms with Gasteiger partial charge in [0.05, 0.1) is 9.82 Å². The number of benzene rings is 1. The van der Waals surface area contributed by atoms with Crippen molar-refractivity contribution in [2.45, 2.75) is 11.8 Å². The van der Waals surface area contributed by atoms with Gasteiger partial charge >= 0.3 is 0 Å². The van der Waals surface area contributed by atoms with E-state index in [0.717, 1.165) is 12.1 Å². The van der Waals surface area contributed by atoms with Crippen LogP contribution in [0.3, 0.4) is 0 Å². The summed E-state index contributed by atoms with van der Waals surface area (Å²) < 4.78 is 26.4. The lowest BCUT2D eigenvalue weighted by atomic mass is 10.1. The van der Waals surface area contributed by atoms with Gasteiger partial charge in [0.15, 0.2) is 0 Å². The molecule has 2 N–H and O–H groups in total. The highest BCUT2D eigenvalue weighted by molar-refractivity contribution is 7.89. The molecule has 1 aliphatic heterocycles. The molecule has 1 atom stereocenters. The first-order valence-corrected chi connectivity index (χ1v) is 8.95. The number of nitrogens with zero attached hydrogens (tertiary/aromatic N) is 3. The van der Waals surface area contributed by atoms with E-state index >= 15 is 0 Å². The Morgan fingerprint density at radius 1 is 1.25 bits per heavy atom. The van der Waals surface area contributed by atoms with Crippen molar-refractivity contribution >= 4 is 21.6 Å². The molecule has 2 rings (SSSR count). The number of non-ortho nitro benzene ring substituents is 1. The number of amides is 1. The third-order valence-corrected chi connectivity index (χ3v) is 5.92. The molecule has 24 heavy (non-hydrogen) atoms. The lowest BCUT2D eigenvalue weighted by molar-refractivity contribution is -0.384. The predicted molar refractivity (Wildman–Crippen MR) is 86.7 cm³/mol. The van der Waals surface area contributed by atoms with E-state index in [1.165, 1.54) is 16.4 Å². The highest BCUT2D eigenvalue weighted by atomic mass is 32.2. The van der Waals surface area contributed by atoms with Crippen molar-refractivity contribution in [1.82, 2.24) is 9.21 Å². The number of nitro groups is 1. The molecule has 1 aromatic rings. The molecule has 0 saturated carbocycles. The fourth-order valence-corrected chi connectivity index (χ4v) is 3.87. The predicted octanol–water partition coefficient (Wildman–Crippen LogP) is 0.0225. The Hall–Kier alpha value is -2.04. The normalized spacial score (nSPS) is 17.5. The Morgan fingerprint density at radius 3 is 2.25 bits per heavy atom. The van der Waals surface area contributed by atoms with Gasteiger partial charge in [-0.25, -0.2) is 8.42 Å². The number of rotatable bonds is 5. The van der Waals surface area contributed by atoms with Gasteiger partial charge in [0, 0.05) is 50.8 Å². The molecule has 9 nitrogen and oxygen atoms in total. The Balaban J connectivity index is 2.07. The number of hydrogen-bond acceptors (Lipinski definition) is 6. The van der Waals surface area contributed by atoms with Gasteiger partial charge in [-0.2, -0.15) is 4.31 Å². The molecule has 1 aliphatic rings. The SMILES string of the molecule is CC(CN)C(=O)N1CCN(S(=O)(=O)c2ccc([N+](=O)[O-])cc2)CC1. The summed E-state index contributed by atoms with van der Waals surface area (Å²) in [6.45, 7) is 2.96. The smallest absolute Gasteiger partial charge is 0.269 e. The second-order valence-electron chi connectivity index (χ2n) is 5.62. The zero-order valence-electron chi connectivity index (χ0n) is 13.3. The third kappa shape index (κ3) is 3.71. The van der Waals surface area contributed by atoms with Crippen molar-refractivity contribution in [2.75, 3.05) is 32.7 Å². The number of carbonyl (C=O) groups is 1. The van der Waals surface area contributed by atoms with Crippen LogP contribution in [0.1, 0.15) is 6.92 Å². The van der Waals surface area contributed by atoms with E-state index in [1.807, 2.05) is 0 Å². The van der Waals surface area contributed by atoms with Crippen molar-refractivity contribution in [3.05, 3.63) is 34.4 Å². The first-order valence-electron chi connectivity index (χ1n) is 7.51. The van der Waals surface area contributed by atoms with E-state index in [-0.39, 0.29) is 42.0 Å². The summed E-state index contributed by atoms with van der Waals surface area (Å²) in [6, 6.07) is 4.77. The number of piperazine rings is 1. The largest absolute Gasteiger partial charge is 0.340 e. The molecule has 1 amide bonds. The molecule has 0 bridgehead atoms. The van der Waals surface area contributed by atoms with Gasteiger partial charge in [-0.1, -0.05) is 6.92 Å². The average molecular weight is 356 g/mol. The number of nitrogens with two attached hydrogens (primary N) is 1. The zero-order chi connectivity index (χ0) is 17.9. The Morgan fingerprint density at radius 2 is 1.79 bits per heavy atom. The van der Waals surface area contributed by atoms with Gasteiger partial charge in [0.2, 0.25) is 15.9 Å². The molecule has 0 spiro atoms. The average Bonchev–Trinajstić information content (AvgIpc) is 2.60. The van der Waals surface area contributed by atoms with Crippen molar-refractivity contribution in [1.29, 1.82) is 0 Å². The lowest BCUT2D eigenvalue weighted by Crippen LogP contribution is -2.52. The number of sulfonamides is 1. The summed E-state index contributed by atoms with van der Waals surface area (Å²) in [4.78, 5) is 23.7. The van der Waals surface area contributed by atoms with Crippen LogP contribution in [-0.2, 0) is 14.8 Å². The second kappa shape index (κ2) is 7.24. The lowest BCUT2D eigenvalue weighted by Gasteiger charge is -2.35. The maximum atomic E-state index is 12.6. The summed E-state index contributed by atoms with van der Waals surface area (Å²) >= 11 is 0. The van der Waals surface area contributed by atoms with E-state index in [1.54, 1.807) is 11.8 Å². The summed E-state index contributed by atoms with van der Waals surface area (Å²) in [5.74, 6) is -0.368. The minimum Gasteiger partial charge on any atom is -0.340 e. The van der Waals surface area contributed by atoms with Gasteiger partial charge in [0.25, 0.3) is 5.69 Å². The summed E-state index contributed by atoms with van der Waals surface area (Å²) in [5, 5.41) is 10.6. The molecular weight excluding hydrogens is 336 g/mol. The molecule has 1 fully saturated rings. The summed E-state index contributed by atoms with van der Waals surface area (Å²) in [7, 11) is -3.73. The molecule has 10 heteroatoms. The Kier molecular flexibility index (Phi) is 5.52. The third-order valence-electron chi connectivity index (χ3n) is 4.01. The standard InChI is InChI=1S/C14H20N4O5S/c1-11(10-15)14(19)16-6-8-17(9-7-16)24(22,23)13-4-2-12(3-5-13)18(20)21/h2-5,11H,6-10,15H2,1H3. The van der Waals surface area contributed by atoms with Crippen molar-refractivity contribution in [3.8, 4) is 0 Å². The van der Waals surface area contributed by atoms with Crippen LogP contribution >= 0.6 is 0 Å². The van der Waals surface area contributed by atoms with Gasteiger partial charge in [0.1, 0.15) is 0 Å². The van der Waals surface area contributed by atoms with Gasteiger partial charge < -0.3 is 10.6 Å². The van der Waals surface area contributed by atoms with E-state index in [2.05, 4.69) is 0 Å². The highest BCUT2D eigenvalue weighted by Gasteiger charge is 2.31. The summed E-state index contributed by atoms with van der Waals surface area (Å²) in [5.41, 5.74) is 5.32. The monoisotopic (exact) mass is 356 g/mol. The number of carbonyl (C=O) groups excluding carboxylic acids is 1. The second-order valence-corrected chi connectivity index (χ2v) is 7.56. The first-order chi connectivity index (χ1) is 11.3. The Bertz CT molecular complexity index is 711. The molecule has 1 unspecified atom stereocenters. The van der Waals surface area contributed by atoms with E-state index < -0.39 is 14.9 Å². The van der Waals surface area contributed by atoms with Crippen LogP contribution in [0.4, 0.5) is 5.69 Å².